The number of phenols is 1. The molecule has 2 unspecified atom stereocenters. The van der Waals surface area contributed by atoms with E-state index in [2.05, 4.69) is 37.3 Å². The minimum atomic E-state index is -4.16. The molecular weight excluding hydrogens is 980 g/mol. The first-order valence-electron chi connectivity index (χ1n) is 22.8. The molecule has 6 rings (SSSR count). The lowest BCUT2D eigenvalue weighted by molar-refractivity contribution is -0.163. The van der Waals surface area contributed by atoms with Crippen LogP contribution in [0, 0.1) is 20.8 Å². The van der Waals surface area contributed by atoms with E-state index in [1.807, 2.05) is 20.8 Å². The van der Waals surface area contributed by atoms with Gasteiger partial charge >= 0.3 is 5.97 Å². The van der Waals surface area contributed by atoms with Gasteiger partial charge < -0.3 is 33.5 Å². The number of aryl methyl sites for hydroxylation is 1. The van der Waals surface area contributed by atoms with Crippen LogP contribution >= 0.6 is 34.5 Å². The average molecular weight is 1040 g/mol. The fourth-order valence-corrected chi connectivity index (χ4v) is 11.0. The van der Waals surface area contributed by atoms with Gasteiger partial charge in [0.2, 0.25) is 12.0 Å². The van der Waals surface area contributed by atoms with Crippen LogP contribution in [0.5, 0.6) is 23.1 Å². The molecule has 1 aliphatic rings. The van der Waals surface area contributed by atoms with Gasteiger partial charge in [-0.05, 0) is 119 Å². The number of fused-ring (bicyclic) bond motifs is 1. The van der Waals surface area contributed by atoms with Gasteiger partial charge in [0.25, 0.3) is 10.1 Å². The molecule has 69 heavy (non-hydrogen) atoms. The third-order valence-corrected chi connectivity index (χ3v) is 16.1. The third kappa shape index (κ3) is 14.1. The van der Waals surface area contributed by atoms with E-state index in [-0.39, 0.29) is 58.7 Å². The number of allylic oxidation sites excluding steroid dienone is 2. The van der Waals surface area contributed by atoms with E-state index < -0.39 is 48.6 Å². The Balaban J connectivity index is 1.41. The lowest BCUT2D eigenvalue weighted by atomic mass is 9.91. The van der Waals surface area contributed by atoms with Gasteiger partial charge in [0, 0.05) is 37.1 Å². The SMILES string of the molecule is C=CCOCC(COS(=O)(=O)c1ccc(C)cc1)Oc1c(Cl)c(C)c(-c2c(C3=CCCC3)sc3ncnc(OC(Cc4cc(O)ccc4OCOCC[Si](C)(C)C)C(=O)OC(C)(C)C)c23)c(C)c1Cl. The molecule has 0 radical (unpaired) electrons. The van der Waals surface area contributed by atoms with Crippen LogP contribution in [-0.4, -0.2) is 88.6 Å². The second-order valence-corrected chi connectivity index (χ2v) is 28.1. The molecule has 0 aliphatic heterocycles. The molecule has 5 aromatic rings. The first-order valence-corrected chi connectivity index (χ1v) is 29.4. The predicted molar refractivity (Wildman–Crippen MR) is 276 cm³/mol. The Labute approximate surface area is 420 Å². The zero-order valence-corrected chi connectivity index (χ0v) is 44.8. The number of hydrogen-bond acceptors (Lipinski definition) is 14. The Kier molecular flexibility index (Phi) is 18.0. The van der Waals surface area contributed by atoms with Crippen LogP contribution in [0.25, 0.3) is 26.9 Å². The topological polar surface area (TPSA) is 162 Å². The zero-order chi connectivity index (χ0) is 50.3. The second kappa shape index (κ2) is 23.1. The van der Waals surface area contributed by atoms with Gasteiger partial charge in [-0.1, -0.05) is 72.7 Å². The first-order chi connectivity index (χ1) is 32.6. The van der Waals surface area contributed by atoms with E-state index in [0.29, 0.717) is 50.4 Å². The highest BCUT2D eigenvalue weighted by molar-refractivity contribution is 7.86. The lowest BCUT2D eigenvalue weighted by Gasteiger charge is -2.25. The van der Waals surface area contributed by atoms with E-state index in [1.165, 1.54) is 41.9 Å². The molecule has 3 aromatic carbocycles. The lowest BCUT2D eigenvalue weighted by Crippen LogP contribution is -2.37. The number of rotatable bonds is 23. The number of ether oxygens (including phenoxy) is 6. The molecule has 0 amide bonds. The van der Waals surface area contributed by atoms with Crippen molar-refractivity contribution in [3.63, 3.8) is 0 Å². The van der Waals surface area contributed by atoms with Crippen molar-refractivity contribution in [3.8, 4) is 34.3 Å². The van der Waals surface area contributed by atoms with Crippen molar-refractivity contribution in [2.75, 3.05) is 33.2 Å². The van der Waals surface area contributed by atoms with Crippen molar-refractivity contribution < 1.29 is 50.9 Å². The fourth-order valence-electron chi connectivity index (χ4n) is 7.54. The van der Waals surface area contributed by atoms with Crippen molar-refractivity contribution in [2.24, 2.45) is 0 Å². The average Bonchev–Trinajstić information content (AvgIpc) is 3.95. The summed E-state index contributed by atoms with van der Waals surface area (Å²) >= 11 is 16.0. The molecule has 372 valence electrons. The summed E-state index contributed by atoms with van der Waals surface area (Å²) in [6.45, 7) is 21.6. The highest BCUT2D eigenvalue weighted by Crippen LogP contribution is 2.53. The fraction of sp³-hybridized carbons (Fsp3) is 0.431. The largest absolute Gasteiger partial charge is 0.508 e. The molecule has 2 heterocycles. The Hall–Kier alpha value is -4.52. The van der Waals surface area contributed by atoms with Gasteiger partial charge in [0.1, 0.15) is 41.0 Å². The minimum Gasteiger partial charge on any atom is -0.508 e. The number of carbonyl (C=O) groups excluding carboxylic acids is 1. The number of aromatic nitrogens is 2. The van der Waals surface area contributed by atoms with E-state index in [9.17, 15) is 18.3 Å². The van der Waals surface area contributed by atoms with Gasteiger partial charge in [-0.15, -0.1) is 17.9 Å². The highest BCUT2D eigenvalue weighted by Gasteiger charge is 2.34. The summed E-state index contributed by atoms with van der Waals surface area (Å²) in [5.41, 5.74) is 4.19. The number of carbonyl (C=O) groups is 1. The number of aromatic hydroxyl groups is 1. The Morgan fingerprint density at radius 1 is 0.971 bits per heavy atom. The molecule has 13 nitrogen and oxygen atoms in total. The van der Waals surface area contributed by atoms with E-state index in [4.69, 9.17) is 60.8 Å². The number of halogens is 2. The summed E-state index contributed by atoms with van der Waals surface area (Å²) in [7, 11) is -5.49. The van der Waals surface area contributed by atoms with Crippen LogP contribution < -0.4 is 14.2 Å². The summed E-state index contributed by atoms with van der Waals surface area (Å²) < 4.78 is 68.7. The molecule has 1 N–H and O–H groups in total. The van der Waals surface area contributed by atoms with Gasteiger partial charge in [-0.3, -0.25) is 4.18 Å². The molecule has 0 spiro atoms. The van der Waals surface area contributed by atoms with Gasteiger partial charge in [-0.2, -0.15) is 8.42 Å². The molecule has 0 bridgehead atoms. The normalized spacial score (nSPS) is 14.1. The van der Waals surface area contributed by atoms with E-state index in [0.717, 1.165) is 41.3 Å². The van der Waals surface area contributed by atoms with Crippen LogP contribution in [0.1, 0.15) is 67.2 Å². The van der Waals surface area contributed by atoms with Gasteiger partial charge in [0.05, 0.1) is 33.5 Å². The standard InChI is InChI=1S/C51H62Cl2N2O11S2Si/c1-11-22-60-27-37(28-63-68(58,59)38-19-16-31(2)17-20-38)64-46-44(52)32(3)41(33(4)45(46)53)42-43-48(54-29-55-49(43)67-47(42)34-14-12-13-15-34)65-40(50(57)66-51(5,6)7)26-35-25-36(56)18-21-39(35)62-30-61-23-24-69(8,9)10/h11,14,16-21,25,29,37,40,56H,1,12-13,15,22-24,26-28,30H2,2-10H3. The van der Waals surface area contributed by atoms with Crippen molar-refractivity contribution in [2.45, 2.75) is 116 Å². The second-order valence-electron chi connectivity index (χ2n) is 19.1. The molecule has 0 fully saturated rings. The summed E-state index contributed by atoms with van der Waals surface area (Å²) in [6, 6.07) is 12.0. The van der Waals surface area contributed by atoms with Crippen molar-refractivity contribution >= 4 is 74.5 Å². The van der Waals surface area contributed by atoms with Crippen LogP contribution in [0.15, 0.2) is 72.4 Å². The van der Waals surface area contributed by atoms with Crippen LogP contribution in [0.3, 0.4) is 0 Å². The van der Waals surface area contributed by atoms with Gasteiger partial charge in [-0.25, -0.2) is 14.8 Å². The van der Waals surface area contributed by atoms with Crippen molar-refractivity contribution in [1.29, 1.82) is 0 Å². The smallest absolute Gasteiger partial charge is 0.348 e. The van der Waals surface area contributed by atoms with Crippen molar-refractivity contribution in [3.05, 3.63) is 105 Å². The molecule has 0 saturated carbocycles. The molecule has 2 aromatic heterocycles. The third-order valence-electron chi connectivity index (χ3n) is 11.1. The number of esters is 1. The minimum absolute atomic E-state index is 0.00126. The molecule has 2 atom stereocenters. The number of nitrogens with zero attached hydrogens (tertiary/aromatic N) is 2. The van der Waals surface area contributed by atoms with Gasteiger partial charge in [0.15, 0.2) is 12.5 Å². The quantitative estimate of drug-likeness (QED) is 0.0164. The first kappa shape index (κ1) is 53.8. The Morgan fingerprint density at radius 3 is 2.32 bits per heavy atom. The van der Waals surface area contributed by atoms with E-state index in [1.54, 1.807) is 45.0 Å². The summed E-state index contributed by atoms with van der Waals surface area (Å²) in [5.74, 6) is -0.0504. The number of hydrogen-bond donors (Lipinski definition) is 1. The summed E-state index contributed by atoms with van der Waals surface area (Å²) in [5, 5.41) is 11.5. The van der Waals surface area contributed by atoms with Crippen LogP contribution in [-0.2, 0) is 39.7 Å². The molecule has 0 saturated heterocycles. The Morgan fingerprint density at radius 2 is 1.68 bits per heavy atom. The number of benzene rings is 3. The van der Waals surface area contributed by atoms with Crippen LogP contribution in [0.4, 0.5) is 0 Å². The maximum atomic E-state index is 14.2. The van der Waals surface area contributed by atoms with Crippen LogP contribution in [0.2, 0.25) is 35.7 Å². The monoisotopic (exact) mass is 1040 g/mol. The number of thiophene rings is 1. The summed E-state index contributed by atoms with van der Waals surface area (Å²) in [6.07, 6.45) is 5.51. The van der Waals surface area contributed by atoms with E-state index >= 15 is 0 Å². The summed E-state index contributed by atoms with van der Waals surface area (Å²) in [4.78, 5) is 25.1. The zero-order valence-electron chi connectivity index (χ0n) is 40.7. The molecule has 1 aliphatic carbocycles. The number of phenolic OH excluding ortho intramolecular Hbond substituents is 1. The Bertz CT molecular complexity index is 2760. The predicted octanol–water partition coefficient (Wildman–Crippen LogP) is 12.2. The molecular formula is C51H62Cl2N2O11S2Si. The maximum absolute atomic E-state index is 14.2. The van der Waals surface area contributed by atoms with Crippen molar-refractivity contribution in [1.82, 2.24) is 9.97 Å². The highest BCUT2D eigenvalue weighted by atomic mass is 35.5. The maximum Gasteiger partial charge on any atom is 0.348 e. The molecule has 18 heteroatoms.